The molecule has 1 aliphatic heterocycles. The number of nitrogens with one attached hydrogen (secondary N) is 1. The highest BCUT2D eigenvalue weighted by atomic mass is 16.5. The number of hydrogen-bond donors (Lipinski definition) is 1. The van der Waals surface area contributed by atoms with Gasteiger partial charge in [0.1, 0.15) is 0 Å². The predicted molar refractivity (Wildman–Crippen MR) is 148 cm³/mol. The molecule has 38 heavy (non-hydrogen) atoms. The minimum Gasteiger partial charge on any atom is -0.466 e. The molecular weight excluding hydrogens is 478 g/mol. The third-order valence-electron chi connectivity index (χ3n) is 7.52. The molecule has 2 aromatic carbocycles. The van der Waals surface area contributed by atoms with Crippen molar-refractivity contribution in [1.82, 2.24) is 24.6 Å². The van der Waals surface area contributed by atoms with Crippen LogP contribution in [0.25, 0.3) is 11.0 Å². The van der Waals surface area contributed by atoms with E-state index in [0.717, 1.165) is 68.7 Å². The van der Waals surface area contributed by atoms with Crippen LogP contribution in [0.1, 0.15) is 36.9 Å². The summed E-state index contributed by atoms with van der Waals surface area (Å²) < 4.78 is 7.09. The summed E-state index contributed by atoms with van der Waals surface area (Å²) in [5.74, 6) is 0.363. The first-order valence-corrected chi connectivity index (χ1v) is 13.4. The lowest BCUT2D eigenvalue weighted by Gasteiger charge is -2.36. The number of ether oxygens (including phenoxy) is 1. The van der Waals surface area contributed by atoms with E-state index in [0.29, 0.717) is 12.6 Å². The van der Waals surface area contributed by atoms with E-state index in [4.69, 9.17) is 9.72 Å². The van der Waals surface area contributed by atoms with Crippen molar-refractivity contribution in [3.8, 4) is 0 Å². The SMILES string of the molecule is CC(=O)OCCCN1CCN(c2ccc(Nc3ncc4cnn(C5CCc6ccccc65)c4n3)cc2)CC1. The Balaban J connectivity index is 1.08. The van der Waals surface area contributed by atoms with Gasteiger partial charge in [0.15, 0.2) is 5.65 Å². The van der Waals surface area contributed by atoms with Gasteiger partial charge in [-0.2, -0.15) is 10.1 Å². The van der Waals surface area contributed by atoms with E-state index in [1.165, 1.54) is 23.7 Å². The zero-order chi connectivity index (χ0) is 25.9. The van der Waals surface area contributed by atoms with Gasteiger partial charge in [0.05, 0.1) is 24.2 Å². The zero-order valence-electron chi connectivity index (χ0n) is 21.7. The van der Waals surface area contributed by atoms with Crippen molar-refractivity contribution in [1.29, 1.82) is 0 Å². The van der Waals surface area contributed by atoms with Crippen LogP contribution < -0.4 is 10.2 Å². The van der Waals surface area contributed by atoms with Crippen molar-refractivity contribution < 1.29 is 9.53 Å². The Morgan fingerprint density at radius 3 is 2.68 bits per heavy atom. The Bertz CT molecular complexity index is 1410. The average Bonchev–Trinajstić information content (AvgIpc) is 3.55. The van der Waals surface area contributed by atoms with E-state index in [-0.39, 0.29) is 12.0 Å². The molecule has 2 aliphatic rings. The molecule has 1 atom stereocenters. The summed E-state index contributed by atoms with van der Waals surface area (Å²) >= 11 is 0. The molecule has 9 heteroatoms. The second kappa shape index (κ2) is 10.8. The highest BCUT2D eigenvalue weighted by Crippen LogP contribution is 2.35. The fourth-order valence-corrected chi connectivity index (χ4v) is 5.53. The van der Waals surface area contributed by atoms with Crippen molar-refractivity contribution in [2.24, 2.45) is 0 Å². The summed E-state index contributed by atoms with van der Waals surface area (Å²) in [5.41, 5.74) is 5.75. The topological polar surface area (TPSA) is 88.4 Å². The summed E-state index contributed by atoms with van der Waals surface area (Å²) in [6.45, 7) is 6.89. The number of fused-ring (bicyclic) bond motifs is 2. The molecule has 1 saturated heterocycles. The Morgan fingerprint density at radius 2 is 1.87 bits per heavy atom. The van der Waals surface area contributed by atoms with Crippen LogP contribution in [0.4, 0.5) is 17.3 Å². The van der Waals surface area contributed by atoms with Crippen molar-refractivity contribution in [2.45, 2.75) is 32.2 Å². The molecule has 6 rings (SSSR count). The first-order valence-electron chi connectivity index (χ1n) is 13.4. The number of carbonyl (C=O) groups excluding carboxylic acids is 1. The standard InChI is InChI=1S/C29H33N7O2/c1-21(37)38-18-4-13-34-14-16-35(17-15-34)25-10-8-24(9-11-25)32-29-30-19-23-20-31-36(28(23)33-29)27-12-7-22-5-2-3-6-26(22)27/h2-3,5-6,8-11,19-20,27H,4,7,12-18H2,1H3,(H,30,32,33). The summed E-state index contributed by atoms with van der Waals surface area (Å²) in [4.78, 5) is 25.1. The predicted octanol–water partition coefficient (Wildman–Crippen LogP) is 4.18. The maximum Gasteiger partial charge on any atom is 0.302 e. The van der Waals surface area contributed by atoms with Gasteiger partial charge in [-0.05, 0) is 54.7 Å². The van der Waals surface area contributed by atoms with Crippen LogP contribution >= 0.6 is 0 Å². The molecule has 4 aromatic rings. The second-order valence-corrected chi connectivity index (χ2v) is 10.0. The van der Waals surface area contributed by atoms with Crippen molar-refractivity contribution in [3.63, 3.8) is 0 Å². The normalized spacial score (nSPS) is 17.5. The number of nitrogens with zero attached hydrogens (tertiary/aromatic N) is 6. The Labute approximate surface area is 222 Å². The van der Waals surface area contributed by atoms with Gasteiger partial charge in [-0.15, -0.1) is 0 Å². The van der Waals surface area contributed by atoms with E-state index in [2.05, 4.69) is 73.7 Å². The summed E-state index contributed by atoms with van der Waals surface area (Å²) in [7, 11) is 0. The molecule has 0 bridgehead atoms. The van der Waals surface area contributed by atoms with Crippen LogP contribution in [0.5, 0.6) is 0 Å². The molecule has 9 nitrogen and oxygen atoms in total. The third kappa shape index (κ3) is 5.19. The molecule has 0 spiro atoms. The molecule has 1 unspecified atom stereocenters. The molecule has 1 fully saturated rings. The van der Waals surface area contributed by atoms with E-state index in [9.17, 15) is 4.79 Å². The Kier molecular flexibility index (Phi) is 6.92. The molecule has 196 valence electrons. The number of anilines is 3. The van der Waals surface area contributed by atoms with Crippen LogP contribution in [0.2, 0.25) is 0 Å². The van der Waals surface area contributed by atoms with Gasteiger partial charge in [0.2, 0.25) is 5.95 Å². The summed E-state index contributed by atoms with van der Waals surface area (Å²) in [6.07, 6.45) is 6.68. The van der Waals surface area contributed by atoms with Gasteiger partial charge >= 0.3 is 5.97 Å². The van der Waals surface area contributed by atoms with Gasteiger partial charge in [0, 0.05) is 57.2 Å². The van der Waals surface area contributed by atoms with Crippen molar-refractivity contribution in [2.75, 3.05) is 49.5 Å². The Morgan fingerprint density at radius 1 is 1.05 bits per heavy atom. The number of hydrogen-bond acceptors (Lipinski definition) is 8. The van der Waals surface area contributed by atoms with E-state index in [1.807, 2.05) is 17.1 Å². The molecule has 0 radical (unpaired) electrons. The number of piperazine rings is 1. The quantitative estimate of drug-likeness (QED) is 0.278. The molecule has 1 N–H and O–H groups in total. The number of benzene rings is 2. The average molecular weight is 512 g/mol. The first kappa shape index (κ1) is 24.4. The van der Waals surface area contributed by atoms with Gasteiger partial charge in [0.25, 0.3) is 0 Å². The molecule has 0 saturated carbocycles. The summed E-state index contributed by atoms with van der Waals surface area (Å²) in [6, 6.07) is 17.3. The number of rotatable bonds is 8. The fourth-order valence-electron chi connectivity index (χ4n) is 5.53. The number of esters is 1. The van der Waals surface area contributed by atoms with Crippen molar-refractivity contribution >= 4 is 34.3 Å². The highest BCUT2D eigenvalue weighted by molar-refractivity contribution is 5.75. The van der Waals surface area contributed by atoms with E-state index in [1.54, 1.807) is 0 Å². The smallest absolute Gasteiger partial charge is 0.302 e. The van der Waals surface area contributed by atoms with Gasteiger partial charge in [-0.3, -0.25) is 9.69 Å². The van der Waals surface area contributed by atoms with E-state index < -0.39 is 0 Å². The molecule has 1 aliphatic carbocycles. The lowest BCUT2D eigenvalue weighted by atomic mass is 10.1. The van der Waals surface area contributed by atoms with Crippen LogP contribution in [0.15, 0.2) is 60.9 Å². The van der Waals surface area contributed by atoms with Gasteiger partial charge in [-0.1, -0.05) is 24.3 Å². The first-order chi connectivity index (χ1) is 18.6. The summed E-state index contributed by atoms with van der Waals surface area (Å²) in [5, 5.41) is 8.99. The Hall–Kier alpha value is -3.98. The van der Waals surface area contributed by atoms with Gasteiger partial charge in [-0.25, -0.2) is 9.67 Å². The zero-order valence-corrected chi connectivity index (χ0v) is 21.7. The van der Waals surface area contributed by atoms with E-state index >= 15 is 0 Å². The molecule has 3 heterocycles. The minimum absolute atomic E-state index is 0.207. The largest absolute Gasteiger partial charge is 0.466 e. The lowest BCUT2D eigenvalue weighted by Crippen LogP contribution is -2.46. The maximum absolute atomic E-state index is 10.9. The highest BCUT2D eigenvalue weighted by Gasteiger charge is 2.26. The van der Waals surface area contributed by atoms with Crippen LogP contribution in [0.3, 0.4) is 0 Å². The van der Waals surface area contributed by atoms with Crippen LogP contribution in [-0.4, -0.2) is 69.9 Å². The van der Waals surface area contributed by atoms with Crippen LogP contribution in [0, 0.1) is 0 Å². The van der Waals surface area contributed by atoms with Crippen LogP contribution in [-0.2, 0) is 16.0 Å². The number of carbonyl (C=O) groups is 1. The molecular formula is C29H33N7O2. The van der Waals surface area contributed by atoms with Crippen molar-refractivity contribution in [3.05, 3.63) is 72.1 Å². The molecule has 0 amide bonds. The number of aryl methyl sites for hydroxylation is 1. The second-order valence-electron chi connectivity index (χ2n) is 10.0. The maximum atomic E-state index is 10.9. The minimum atomic E-state index is -0.207. The third-order valence-corrected chi connectivity index (χ3v) is 7.52. The number of aromatic nitrogens is 4. The van der Waals surface area contributed by atoms with Gasteiger partial charge < -0.3 is 15.0 Å². The lowest BCUT2D eigenvalue weighted by molar-refractivity contribution is -0.141. The molecule has 2 aromatic heterocycles. The fraction of sp³-hybridized carbons (Fsp3) is 0.379. The monoisotopic (exact) mass is 511 g/mol.